The highest BCUT2D eigenvalue weighted by Gasteiger charge is 2.09. The van der Waals surface area contributed by atoms with Crippen molar-refractivity contribution in [2.75, 3.05) is 0 Å². The van der Waals surface area contributed by atoms with Crippen LogP contribution in [0.4, 0.5) is 0 Å². The number of nitrogens with one attached hydrogen (secondary N) is 1. The van der Waals surface area contributed by atoms with Gasteiger partial charge in [0.2, 0.25) is 0 Å². The van der Waals surface area contributed by atoms with E-state index in [2.05, 4.69) is 16.0 Å². The fourth-order valence-electron chi connectivity index (χ4n) is 2.42. The Morgan fingerprint density at radius 2 is 2.00 bits per heavy atom. The van der Waals surface area contributed by atoms with Crippen LogP contribution in [0.15, 0.2) is 23.0 Å². The van der Waals surface area contributed by atoms with Gasteiger partial charge < -0.3 is 10.1 Å². The van der Waals surface area contributed by atoms with Crippen molar-refractivity contribution in [2.45, 2.75) is 33.6 Å². The Kier molecular flexibility index (Phi) is 5.11. The molecule has 2 N–H and O–H groups in total. The Bertz CT molecular complexity index is 820. The van der Waals surface area contributed by atoms with Crippen molar-refractivity contribution in [3.8, 4) is 0 Å². The average molecular weight is 312 g/mol. The van der Waals surface area contributed by atoms with Crippen molar-refractivity contribution >= 4 is 18.1 Å². The third-order valence-electron chi connectivity index (χ3n) is 3.68. The minimum atomic E-state index is -0.928. The van der Waals surface area contributed by atoms with Gasteiger partial charge in [-0.2, -0.15) is 0 Å². The van der Waals surface area contributed by atoms with E-state index in [0.717, 1.165) is 11.1 Å². The summed E-state index contributed by atoms with van der Waals surface area (Å²) in [4.78, 5) is 29.7. The number of hydrogen-bond donors (Lipinski definition) is 2. The summed E-state index contributed by atoms with van der Waals surface area (Å²) in [6.45, 7) is 5.79. The van der Waals surface area contributed by atoms with E-state index in [1.54, 1.807) is 13.0 Å². The highest BCUT2D eigenvalue weighted by molar-refractivity contribution is 5.69. The first-order valence-corrected chi connectivity index (χ1v) is 7.43. The van der Waals surface area contributed by atoms with Crippen LogP contribution in [-0.4, -0.2) is 21.0 Å². The summed E-state index contributed by atoms with van der Waals surface area (Å²) < 4.78 is 0. The second-order valence-corrected chi connectivity index (χ2v) is 5.60. The molecule has 0 spiro atoms. The molecule has 0 bridgehead atoms. The second kappa shape index (κ2) is 7.05. The Labute approximate surface area is 134 Å². The zero-order valence-electron chi connectivity index (χ0n) is 13.5. The lowest BCUT2D eigenvalue weighted by Crippen LogP contribution is -2.18. The van der Waals surface area contributed by atoms with Gasteiger partial charge in [-0.1, -0.05) is 29.8 Å². The van der Waals surface area contributed by atoms with Gasteiger partial charge in [-0.3, -0.25) is 9.59 Å². The molecular formula is C18H20N2O3. The molecule has 23 heavy (non-hydrogen) atoms. The fourth-order valence-corrected chi connectivity index (χ4v) is 2.42. The lowest BCUT2D eigenvalue weighted by atomic mass is 10.1. The first-order chi connectivity index (χ1) is 10.9. The van der Waals surface area contributed by atoms with Crippen LogP contribution in [-0.2, 0) is 11.2 Å². The summed E-state index contributed by atoms with van der Waals surface area (Å²) in [6.07, 6.45) is 3.77. The standard InChI is InChI=1S/C18H20N2O3/c1-11-4-5-14(12(2)10-11)6-8-16-19-13(3)15(18(23)20-16)7-9-17(21)22/h4-6,8,10H,7,9H2,1-3H3,(H,21,22)(H,19,20,23). The van der Waals surface area contributed by atoms with Crippen molar-refractivity contribution in [2.24, 2.45) is 0 Å². The van der Waals surface area contributed by atoms with E-state index in [0.29, 0.717) is 17.1 Å². The molecule has 0 saturated heterocycles. The van der Waals surface area contributed by atoms with Crippen LogP contribution in [0.25, 0.3) is 12.2 Å². The number of carboxylic acid groups (broad SMARTS) is 1. The van der Waals surface area contributed by atoms with Crippen molar-refractivity contribution in [1.82, 2.24) is 9.97 Å². The molecule has 1 aromatic carbocycles. The number of nitrogens with zero attached hydrogens (tertiary/aromatic N) is 1. The van der Waals surface area contributed by atoms with Crippen LogP contribution in [0, 0.1) is 20.8 Å². The van der Waals surface area contributed by atoms with E-state index < -0.39 is 5.97 Å². The van der Waals surface area contributed by atoms with Gasteiger partial charge in [-0.15, -0.1) is 0 Å². The third-order valence-corrected chi connectivity index (χ3v) is 3.68. The molecule has 0 fully saturated rings. The van der Waals surface area contributed by atoms with Gasteiger partial charge in [0.25, 0.3) is 5.56 Å². The van der Waals surface area contributed by atoms with E-state index in [1.165, 1.54) is 5.56 Å². The fraction of sp³-hybridized carbons (Fsp3) is 0.278. The van der Waals surface area contributed by atoms with Crippen LogP contribution in [0.2, 0.25) is 0 Å². The molecule has 1 aromatic heterocycles. The maximum absolute atomic E-state index is 12.1. The molecule has 0 saturated carbocycles. The number of aryl methyl sites for hydroxylation is 3. The molecule has 2 rings (SSSR count). The molecule has 0 radical (unpaired) electrons. The van der Waals surface area contributed by atoms with Crippen molar-refractivity contribution in [3.05, 3.63) is 62.3 Å². The predicted octanol–water partition coefficient (Wildman–Crippen LogP) is 2.88. The largest absolute Gasteiger partial charge is 0.481 e. The number of benzene rings is 1. The Balaban J connectivity index is 2.26. The number of carboxylic acids is 1. The Morgan fingerprint density at radius 1 is 1.26 bits per heavy atom. The molecule has 0 atom stereocenters. The summed E-state index contributed by atoms with van der Waals surface area (Å²) in [6, 6.07) is 6.15. The number of rotatable bonds is 5. The number of hydrogen-bond acceptors (Lipinski definition) is 3. The quantitative estimate of drug-likeness (QED) is 0.889. The summed E-state index contributed by atoms with van der Waals surface area (Å²) in [7, 11) is 0. The van der Waals surface area contributed by atoms with Crippen LogP contribution >= 0.6 is 0 Å². The summed E-state index contributed by atoms with van der Waals surface area (Å²) in [5.41, 5.74) is 4.12. The first-order valence-electron chi connectivity index (χ1n) is 7.43. The monoisotopic (exact) mass is 312 g/mol. The van der Waals surface area contributed by atoms with Crippen LogP contribution < -0.4 is 5.56 Å². The average Bonchev–Trinajstić information content (AvgIpc) is 2.45. The van der Waals surface area contributed by atoms with E-state index in [9.17, 15) is 9.59 Å². The van der Waals surface area contributed by atoms with E-state index in [-0.39, 0.29) is 18.4 Å². The summed E-state index contributed by atoms with van der Waals surface area (Å²) >= 11 is 0. The van der Waals surface area contributed by atoms with Crippen LogP contribution in [0.5, 0.6) is 0 Å². The summed E-state index contributed by atoms with van der Waals surface area (Å²) in [5.74, 6) is -0.464. The Hall–Kier alpha value is -2.69. The maximum atomic E-state index is 12.1. The van der Waals surface area contributed by atoms with Gasteiger partial charge in [-0.05, 0) is 44.4 Å². The van der Waals surface area contributed by atoms with Gasteiger partial charge in [0, 0.05) is 17.7 Å². The van der Waals surface area contributed by atoms with Gasteiger partial charge >= 0.3 is 5.97 Å². The molecular weight excluding hydrogens is 292 g/mol. The minimum absolute atomic E-state index is 0.0800. The van der Waals surface area contributed by atoms with Crippen molar-refractivity contribution in [1.29, 1.82) is 0 Å². The second-order valence-electron chi connectivity index (χ2n) is 5.60. The highest BCUT2D eigenvalue weighted by atomic mass is 16.4. The molecule has 2 aromatic rings. The van der Waals surface area contributed by atoms with Crippen LogP contribution in [0.1, 0.15) is 40.2 Å². The molecule has 0 unspecified atom stereocenters. The number of aliphatic carboxylic acids is 1. The zero-order chi connectivity index (χ0) is 17.0. The predicted molar refractivity (Wildman–Crippen MR) is 90.4 cm³/mol. The third kappa shape index (κ3) is 4.39. The maximum Gasteiger partial charge on any atom is 0.303 e. The van der Waals surface area contributed by atoms with E-state index in [1.807, 2.05) is 32.1 Å². The molecule has 0 aliphatic carbocycles. The molecule has 5 nitrogen and oxygen atoms in total. The molecule has 0 aliphatic heterocycles. The Morgan fingerprint density at radius 3 is 2.61 bits per heavy atom. The molecule has 1 heterocycles. The lowest BCUT2D eigenvalue weighted by Gasteiger charge is -2.04. The van der Waals surface area contributed by atoms with E-state index >= 15 is 0 Å². The van der Waals surface area contributed by atoms with Gasteiger partial charge in [0.1, 0.15) is 5.82 Å². The van der Waals surface area contributed by atoms with Crippen molar-refractivity contribution < 1.29 is 9.90 Å². The molecule has 0 amide bonds. The number of carbonyl (C=O) groups is 1. The minimum Gasteiger partial charge on any atom is -0.481 e. The summed E-state index contributed by atoms with van der Waals surface area (Å²) in [5, 5.41) is 8.72. The molecule has 0 aliphatic rings. The van der Waals surface area contributed by atoms with Gasteiger partial charge in [-0.25, -0.2) is 4.98 Å². The van der Waals surface area contributed by atoms with Gasteiger partial charge in [0.15, 0.2) is 0 Å². The topological polar surface area (TPSA) is 83.0 Å². The number of aromatic nitrogens is 2. The molecule has 5 heteroatoms. The number of H-pyrrole nitrogens is 1. The zero-order valence-corrected chi connectivity index (χ0v) is 13.5. The lowest BCUT2D eigenvalue weighted by molar-refractivity contribution is -0.136. The van der Waals surface area contributed by atoms with Gasteiger partial charge in [0.05, 0.1) is 0 Å². The normalized spacial score (nSPS) is 11.1. The van der Waals surface area contributed by atoms with Crippen molar-refractivity contribution in [3.63, 3.8) is 0 Å². The first kappa shape index (κ1) is 16.7. The SMILES string of the molecule is Cc1ccc(C=Cc2nc(C)c(CCC(=O)O)c(=O)[nH]2)c(C)c1. The number of aromatic amines is 1. The molecule has 120 valence electrons. The van der Waals surface area contributed by atoms with E-state index in [4.69, 9.17) is 5.11 Å². The smallest absolute Gasteiger partial charge is 0.303 e. The van der Waals surface area contributed by atoms with Crippen LogP contribution in [0.3, 0.4) is 0 Å². The highest BCUT2D eigenvalue weighted by Crippen LogP contribution is 2.13.